The molecule has 1 N–H and O–H groups in total. The topological polar surface area (TPSA) is 52.7 Å². The molecular weight excluding hydrogens is 278 g/mol. The normalized spacial score (nSPS) is 27.9. The second kappa shape index (κ2) is 5.84. The Morgan fingerprint density at radius 1 is 1.18 bits per heavy atom. The molecule has 22 heavy (non-hydrogen) atoms. The lowest BCUT2D eigenvalue weighted by molar-refractivity contribution is -0.143. The Labute approximate surface area is 134 Å². The number of nitrogens with zero attached hydrogens (tertiary/aromatic N) is 2. The maximum Gasteiger partial charge on any atom is 0.240 e. The molecule has 0 saturated carbocycles. The van der Waals surface area contributed by atoms with Crippen LogP contribution in [0.3, 0.4) is 0 Å². The van der Waals surface area contributed by atoms with Gasteiger partial charge in [0, 0.05) is 25.2 Å². The van der Waals surface area contributed by atoms with Crippen LogP contribution in [0.4, 0.5) is 0 Å². The van der Waals surface area contributed by atoms with Crippen LogP contribution in [0.15, 0.2) is 0 Å². The molecule has 0 radical (unpaired) electrons. The minimum Gasteiger partial charge on any atom is -0.353 e. The van der Waals surface area contributed by atoms with Crippen LogP contribution in [0, 0.1) is 11.3 Å². The molecule has 2 fully saturated rings. The summed E-state index contributed by atoms with van der Waals surface area (Å²) in [6, 6.07) is -0.102. The number of rotatable bonds is 1. The first-order chi connectivity index (χ1) is 10.00. The first-order valence-corrected chi connectivity index (χ1v) is 8.32. The third-order valence-electron chi connectivity index (χ3n) is 5.02. The number of piperazine rings is 1. The molecule has 2 heterocycles. The van der Waals surface area contributed by atoms with Gasteiger partial charge in [-0.1, -0.05) is 20.8 Å². The van der Waals surface area contributed by atoms with Crippen LogP contribution in [0.25, 0.3) is 0 Å². The van der Waals surface area contributed by atoms with Gasteiger partial charge in [0.25, 0.3) is 0 Å². The van der Waals surface area contributed by atoms with Crippen LogP contribution in [-0.4, -0.2) is 59.4 Å². The quantitative estimate of drug-likeness (QED) is 0.798. The van der Waals surface area contributed by atoms with E-state index >= 15 is 0 Å². The Kier molecular flexibility index (Phi) is 4.58. The average Bonchev–Trinajstić information content (AvgIpc) is 2.82. The zero-order valence-corrected chi connectivity index (χ0v) is 14.9. The summed E-state index contributed by atoms with van der Waals surface area (Å²) < 4.78 is 0. The highest BCUT2D eigenvalue weighted by molar-refractivity contribution is 5.88. The summed E-state index contributed by atoms with van der Waals surface area (Å²) in [6.07, 6.45) is 0.887. The zero-order chi connectivity index (χ0) is 16.7. The molecule has 2 rings (SSSR count). The van der Waals surface area contributed by atoms with E-state index in [9.17, 15) is 9.59 Å². The molecule has 5 nitrogen and oxygen atoms in total. The van der Waals surface area contributed by atoms with Crippen molar-refractivity contribution in [2.75, 3.05) is 26.2 Å². The number of amides is 2. The molecule has 2 saturated heterocycles. The van der Waals surface area contributed by atoms with E-state index in [1.807, 2.05) is 0 Å². The Bertz CT molecular complexity index is 448. The summed E-state index contributed by atoms with van der Waals surface area (Å²) in [5, 5.41) is 2.79. The number of carbonyl (C=O) groups is 2. The van der Waals surface area contributed by atoms with Crippen LogP contribution < -0.4 is 5.32 Å². The molecule has 0 aromatic carbocycles. The lowest BCUT2D eigenvalue weighted by Gasteiger charge is -2.39. The Balaban J connectivity index is 2.18. The highest BCUT2D eigenvalue weighted by atomic mass is 16.2. The van der Waals surface area contributed by atoms with Gasteiger partial charge in [-0.05, 0) is 38.5 Å². The predicted molar refractivity (Wildman–Crippen MR) is 87.4 cm³/mol. The van der Waals surface area contributed by atoms with Crippen molar-refractivity contribution >= 4 is 11.8 Å². The Morgan fingerprint density at radius 3 is 2.32 bits per heavy atom. The van der Waals surface area contributed by atoms with Gasteiger partial charge in [-0.15, -0.1) is 0 Å². The third kappa shape index (κ3) is 3.62. The van der Waals surface area contributed by atoms with Crippen LogP contribution in [0.5, 0.6) is 0 Å². The number of nitrogens with one attached hydrogen (secondary N) is 1. The fraction of sp³-hybridized carbons (Fsp3) is 0.882. The molecule has 0 aromatic rings. The van der Waals surface area contributed by atoms with Crippen molar-refractivity contribution in [3.05, 3.63) is 0 Å². The standard InChI is InChI=1S/C17H31N3O2/c1-16(2,3)12-9-13(20(10-12)17(4,5)6)15(22)19-8-7-18-14(21)11-19/h12-13H,7-11H2,1-6H3,(H,18,21)/t12?,13-/m0/s1. The average molecular weight is 309 g/mol. The van der Waals surface area contributed by atoms with Gasteiger partial charge in [-0.25, -0.2) is 0 Å². The Hall–Kier alpha value is -1.10. The van der Waals surface area contributed by atoms with Gasteiger partial charge in [0.15, 0.2) is 0 Å². The maximum absolute atomic E-state index is 13.0. The van der Waals surface area contributed by atoms with Crippen molar-refractivity contribution in [1.29, 1.82) is 0 Å². The lowest BCUT2D eigenvalue weighted by atomic mass is 9.79. The molecule has 2 atom stereocenters. The first-order valence-electron chi connectivity index (χ1n) is 8.32. The van der Waals surface area contributed by atoms with Gasteiger partial charge >= 0.3 is 0 Å². The van der Waals surface area contributed by atoms with Crippen LogP contribution in [0.1, 0.15) is 48.0 Å². The van der Waals surface area contributed by atoms with E-state index in [-0.39, 0.29) is 35.4 Å². The highest BCUT2D eigenvalue weighted by Crippen LogP contribution is 2.40. The summed E-state index contributed by atoms with van der Waals surface area (Å²) in [5.41, 5.74) is 0.149. The summed E-state index contributed by atoms with van der Waals surface area (Å²) in [4.78, 5) is 28.6. The van der Waals surface area contributed by atoms with E-state index in [0.29, 0.717) is 19.0 Å². The summed E-state index contributed by atoms with van der Waals surface area (Å²) >= 11 is 0. The van der Waals surface area contributed by atoms with Crippen LogP contribution in [-0.2, 0) is 9.59 Å². The number of likely N-dealkylation sites (tertiary alicyclic amines) is 1. The van der Waals surface area contributed by atoms with Crippen molar-refractivity contribution in [3.8, 4) is 0 Å². The zero-order valence-electron chi connectivity index (χ0n) is 14.9. The molecule has 2 aliphatic rings. The Morgan fingerprint density at radius 2 is 1.82 bits per heavy atom. The summed E-state index contributed by atoms with van der Waals surface area (Å²) in [6.45, 7) is 15.6. The molecule has 0 aromatic heterocycles. The van der Waals surface area contributed by atoms with E-state index in [2.05, 4.69) is 51.8 Å². The monoisotopic (exact) mass is 309 g/mol. The third-order valence-corrected chi connectivity index (χ3v) is 5.02. The van der Waals surface area contributed by atoms with Crippen molar-refractivity contribution < 1.29 is 9.59 Å². The minimum atomic E-state index is -0.102. The molecule has 126 valence electrons. The minimum absolute atomic E-state index is 0.0433. The number of carbonyl (C=O) groups excluding carboxylic acids is 2. The SMILES string of the molecule is CC(C)(C)C1C[C@@H](C(=O)N2CCNC(=O)C2)N(C(C)(C)C)C1. The van der Waals surface area contributed by atoms with E-state index in [1.165, 1.54) is 0 Å². The van der Waals surface area contributed by atoms with E-state index in [0.717, 1.165) is 13.0 Å². The second-order valence-electron chi connectivity index (χ2n) is 8.75. The lowest BCUT2D eigenvalue weighted by Crippen LogP contribution is -2.57. The maximum atomic E-state index is 13.0. The van der Waals surface area contributed by atoms with Gasteiger partial charge in [-0.2, -0.15) is 0 Å². The van der Waals surface area contributed by atoms with E-state index < -0.39 is 0 Å². The molecule has 0 spiro atoms. The van der Waals surface area contributed by atoms with Gasteiger partial charge in [0.05, 0.1) is 12.6 Å². The number of hydrogen-bond donors (Lipinski definition) is 1. The van der Waals surface area contributed by atoms with Gasteiger partial charge in [0.1, 0.15) is 0 Å². The predicted octanol–water partition coefficient (Wildman–Crippen LogP) is 1.48. The largest absolute Gasteiger partial charge is 0.353 e. The van der Waals surface area contributed by atoms with Gasteiger partial charge in [0.2, 0.25) is 11.8 Å². The molecule has 0 aliphatic carbocycles. The van der Waals surface area contributed by atoms with Crippen molar-refractivity contribution in [3.63, 3.8) is 0 Å². The fourth-order valence-corrected chi connectivity index (χ4v) is 3.48. The molecular formula is C17H31N3O2. The molecule has 5 heteroatoms. The fourth-order valence-electron chi connectivity index (χ4n) is 3.48. The first kappa shape index (κ1) is 17.3. The van der Waals surface area contributed by atoms with Crippen molar-refractivity contribution in [2.45, 2.75) is 59.5 Å². The molecule has 2 aliphatic heterocycles. The smallest absolute Gasteiger partial charge is 0.240 e. The molecule has 1 unspecified atom stereocenters. The van der Waals surface area contributed by atoms with Crippen molar-refractivity contribution in [1.82, 2.24) is 15.1 Å². The molecule has 2 amide bonds. The number of hydrogen-bond acceptors (Lipinski definition) is 3. The van der Waals surface area contributed by atoms with E-state index in [4.69, 9.17) is 0 Å². The molecule has 0 bridgehead atoms. The summed E-state index contributed by atoms with van der Waals surface area (Å²) in [5.74, 6) is 0.572. The van der Waals surface area contributed by atoms with Gasteiger partial charge < -0.3 is 10.2 Å². The highest BCUT2D eigenvalue weighted by Gasteiger charge is 2.46. The summed E-state index contributed by atoms with van der Waals surface area (Å²) in [7, 11) is 0. The second-order valence-corrected chi connectivity index (χ2v) is 8.75. The van der Waals surface area contributed by atoms with Crippen LogP contribution >= 0.6 is 0 Å². The van der Waals surface area contributed by atoms with Crippen LogP contribution in [0.2, 0.25) is 0 Å². The van der Waals surface area contributed by atoms with E-state index in [1.54, 1.807) is 4.90 Å². The van der Waals surface area contributed by atoms with Crippen molar-refractivity contribution in [2.24, 2.45) is 11.3 Å². The van der Waals surface area contributed by atoms with Gasteiger partial charge in [-0.3, -0.25) is 14.5 Å².